The Hall–Kier alpha value is -1.47. The van der Waals surface area contributed by atoms with Gasteiger partial charge in [-0.3, -0.25) is 4.90 Å². The maximum Gasteiger partial charge on any atom is 0.224 e. The summed E-state index contributed by atoms with van der Waals surface area (Å²) in [6.45, 7) is 4.37. The van der Waals surface area contributed by atoms with Crippen molar-refractivity contribution in [2.45, 2.75) is 37.6 Å². The summed E-state index contributed by atoms with van der Waals surface area (Å²) in [7, 11) is 3.57. The van der Waals surface area contributed by atoms with Crippen LogP contribution in [0.5, 0.6) is 0 Å². The van der Waals surface area contributed by atoms with E-state index in [0.717, 1.165) is 32.8 Å². The second kappa shape index (κ2) is 7.61. The Bertz CT molecular complexity index is 542. The van der Waals surface area contributed by atoms with Crippen LogP contribution >= 0.6 is 0 Å². The Morgan fingerprint density at radius 3 is 2.62 bits per heavy atom. The van der Waals surface area contributed by atoms with Gasteiger partial charge in [-0.05, 0) is 12.8 Å². The number of halogens is 1. The number of anilines is 2. The van der Waals surface area contributed by atoms with E-state index in [1.807, 2.05) is 0 Å². The molecule has 0 atom stereocenters. The third kappa shape index (κ3) is 3.78. The van der Waals surface area contributed by atoms with E-state index in [1.165, 1.54) is 38.3 Å². The average molecular weight is 337 g/mol. The molecular weight excluding hydrogens is 309 g/mol. The highest BCUT2D eigenvalue weighted by Gasteiger charge is 2.38. The Morgan fingerprint density at radius 2 is 1.96 bits per heavy atom. The summed E-state index contributed by atoms with van der Waals surface area (Å²) < 4.78 is 19.3. The fourth-order valence-corrected chi connectivity index (χ4v) is 3.85. The van der Waals surface area contributed by atoms with Crippen molar-refractivity contribution >= 4 is 11.8 Å². The Labute approximate surface area is 143 Å². The van der Waals surface area contributed by atoms with Gasteiger partial charge in [0.05, 0.1) is 19.4 Å². The first-order chi connectivity index (χ1) is 11.6. The topological polar surface area (TPSA) is 53.5 Å². The molecule has 134 valence electrons. The molecule has 1 aromatic rings. The molecule has 0 unspecified atom stereocenters. The van der Waals surface area contributed by atoms with Crippen LogP contribution in [-0.4, -0.2) is 67.4 Å². The van der Waals surface area contributed by atoms with E-state index in [0.29, 0.717) is 11.8 Å². The summed E-state index contributed by atoms with van der Waals surface area (Å²) in [5.41, 5.74) is 0.137. The molecule has 2 aliphatic rings. The Kier molecular flexibility index (Phi) is 5.50. The van der Waals surface area contributed by atoms with Gasteiger partial charge in [0.25, 0.3) is 0 Å². The van der Waals surface area contributed by atoms with Crippen LogP contribution in [0.4, 0.5) is 16.2 Å². The maximum atomic E-state index is 13.8. The van der Waals surface area contributed by atoms with E-state index in [-0.39, 0.29) is 5.54 Å². The summed E-state index contributed by atoms with van der Waals surface area (Å²) in [5, 5.41) is 3.38. The molecule has 0 bridgehead atoms. The lowest BCUT2D eigenvalue weighted by molar-refractivity contribution is -0.0319. The SMILES string of the molecule is CN(C)c1nc(NCC2(N3CCOCC3)CCCCC2)ncc1F. The summed E-state index contributed by atoms with van der Waals surface area (Å²) in [6, 6.07) is 0. The van der Waals surface area contributed by atoms with Crippen molar-refractivity contribution in [1.29, 1.82) is 0 Å². The molecule has 1 aliphatic carbocycles. The zero-order chi connectivity index (χ0) is 17.0. The van der Waals surface area contributed by atoms with Crippen LogP contribution in [0, 0.1) is 5.82 Å². The third-order valence-electron chi connectivity index (χ3n) is 5.19. The number of hydrogen-bond donors (Lipinski definition) is 1. The van der Waals surface area contributed by atoms with Crippen molar-refractivity contribution in [1.82, 2.24) is 14.9 Å². The number of hydrogen-bond acceptors (Lipinski definition) is 6. The van der Waals surface area contributed by atoms with Crippen molar-refractivity contribution in [3.05, 3.63) is 12.0 Å². The van der Waals surface area contributed by atoms with Crippen molar-refractivity contribution in [2.75, 3.05) is 57.2 Å². The first kappa shape index (κ1) is 17.4. The maximum absolute atomic E-state index is 13.8. The normalized spacial score (nSPS) is 21.5. The van der Waals surface area contributed by atoms with Gasteiger partial charge in [-0.15, -0.1) is 0 Å². The molecular formula is C17H28FN5O. The molecule has 3 rings (SSSR count). The number of nitrogens with one attached hydrogen (secondary N) is 1. The summed E-state index contributed by atoms with van der Waals surface area (Å²) in [4.78, 5) is 12.7. The predicted octanol–water partition coefficient (Wildman–Crippen LogP) is 2.13. The Balaban J connectivity index is 1.72. The minimum absolute atomic E-state index is 0.137. The molecule has 1 aliphatic heterocycles. The molecule has 7 heteroatoms. The van der Waals surface area contributed by atoms with Crippen molar-refractivity contribution in [3.63, 3.8) is 0 Å². The zero-order valence-electron chi connectivity index (χ0n) is 14.7. The van der Waals surface area contributed by atoms with Gasteiger partial charge in [0.1, 0.15) is 0 Å². The van der Waals surface area contributed by atoms with Crippen LogP contribution in [0.1, 0.15) is 32.1 Å². The summed E-state index contributed by atoms with van der Waals surface area (Å²) in [6.07, 6.45) is 7.43. The van der Waals surface area contributed by atoms with Crippen LogP contribution in [0.3, 0.4) is 0 Å². The largest absolute Gasteiger partial charge is 0.379 e. The zero-order valence-corrected chi connectivity index (χ0v) is 14.7. The van der Waals surface area contributed by atoms with Gasteiger partial charge in [0, 0.05) is 39.3 Å². The Morgan fingerprint density at radius 1 is 1.25 bits per heavy atom. The summed E-state index contributed by atoms with van der Waals surface area (Å²) >= 11 is 0. The number of nitrogens with zero attached hydrogens (tertiary/aromatic N) is 4. The standard InChI is InChI=1S/C17H28FN5O/c1-22(2)15-14(18)12-19-16(21-15)20-13-17(6-4-3-5-7-17)23-8-10-24-11-9-23/h12H,3-11,13H2,1-2H3,(H,19,20,21). The van der Waals surface area contributed by atoms with Gasteiger partial charge < -0.3 is 15.0 Å². The van der Waals surface area contributed by atoms with Gasteiger partial charge in [-0.1, -0.05) is 19.3 Å². The fourth-order valence-electron chi connectivity index (χ4n) is 3.85. The van der Waals surface area contributed by atoms with E-state index < -0.39 is 5.82 Å². The third-order valence-corrected chi connectivity index (χ3v) is 5.19. The number of ether oxygens (including phenoxy) is 1. The molecule has 1 N–H and O–H groups in total. The highest BCUT2D eigenvalue weighted by molar-refractivity contribution is 5.42. The second-order valence-electron chi connectivity index (χ2n) is 7.00. The molecule has 1 aromatic heterocycles. The average Bonchev–Trinajstić information content (AvgIpc) is 2.62. The number of aromatic nitrogens is 2. The first-order valence-electron chi connectivity index (χ1n) is 8.87. The predicted molar refractivity (Wildman–Crippen MR) is 93.0 cm³/mol. The van der Waals surface area contributed by atoms with E-state index in [4.69, 9.17) is 4.74 Å². The van der Waals surface area contributed by atoms with Crippen LogP contribution in [0.25, 0.3) is 0 Å². The molecule has 2 fully saturated rings. The van der Waals surface area contributed by atoms with E-state index >= 15 is 0 Å². The molecule has 0 aromatic carbocycles. The van der Waals surface area contributed by atoms with E-state index in [2.05, 4.69) is 20.2 Å². The van der Waals surface area contributed by atoms with Crippen molar-refractivity contribution in [2.24, 2.45) is 0 Å². The van der Waals surface area contributed by atoms with Crippen LogP contribution in [0.15, 0.2) is 6.20 Å². The fraction of sp³-hybridized carbons (Fsp3) is 0.765. The van der Waals surface area contributed by atoms with E-state index in [1.54, 1.807) is 19.0 Å². The lowest BCUT2D eigenvalue weighted by atomic mass is 9.80. The van der Waals surface area contributed by atoms with Gasteiger partial charge in [0.15, 0.2) is 11.6 Å². The quantitative estimate of drug-likeness (QED) is 0.888. The smallest absolute Gasteiger partial charge is 0.224 e. The van der Waals surface area contributed by atoms with Crippen LogP contribution in [0.2, 0.25) is 0 Å². The molecule has 24 heavy (non-hydrogen) atoms. The lowest BCUT2D eigenvalue weighted by Gasteiger charge is -2.48. The second-order valence-corrected chi connectivity index (χ2v) is 7.00. The molecule has 1 saturated heterocycles. The van der Waals surface area contributed by atoms with Crippen LogP contribution in [-0.2, 0) is 4.74 Å². The monoisotopic (exact) mass is 337 g/mol. The minimum atomic E-state index is -0.397. The number of morpholine rings is 1. The van der Waals surface area contributed by atoms with Crippen molar-refractivity contribution < 1.29 is 9.13 Å². The molecule has 0 spiro atoms. The summed E-state index contributed by atoms with van der Waals surface area (Å²) in [5.74, 6) is 0.418. The molecule has 0 amide bonds. The highest BCUT2D eigenvalue weighted by Crippen LogP contribution is 2.34. The van der Waals surface area contributed by atoms with Gasteiger partial charge >= 0.3 is 0 Å². The molecule has 0 radical (unpaired) electrons. The lowest BCUT2D eigenvalue weighted by Crippen LogP contribution is -2.58. The van der Waals surface area contributed by atoms with E-state index in [9.17, 15) is 4.39 Å². The van der Waals surface area contributed by atoms with Crippen LogP contribution < -0.4 is 10.2 Å². The molecule has 6 nitrogen and oxygen atoms in total. The minimum Gasteiger partial charge on any atom is -0.379 e. The highest BCUT2D eigenvalue weighted by atomic mass is 19.1. The van der Waals surface area contributed by atoms with Gasteiger partial charge in [0.2, 0.25) is 5.95 Å². The van der Waals surface area contributed by atoms with Gasteiger partial charge in [-0.2, -0.15) is 4.98 Å². The van der Waals surface area contributed by atoms with Crippen molar-refractivity contribution in [3.8, 4) is 0 Å². The first-order valence-corrected chi connectivity index (χ1v) is 8.87. The number of rotatable bonds is 5. The molecule has 1 saturated carbocycles. The molecule has 2 heterocycles. The van der Waals surface area contributed by atoms with Gasteiger partial charge in [-0.25, -0.2) is 9.37 Å².